The summed E-state index contributed by atoms with van der Waals surface area (Å²) in [6.45, 7) is 0.792. The number of nitrogens with one attached hydrogen (secondary N) is 1. The molecule has 1 saturated carbocycles. The Morgan fingerprint density at radius 1 is 1.47 bits per heavy atom. The van der Waals surface area contributed by atoms with E-state index in [9.17, 15) is 4.39 Å². The molecule has 1 aliphatic carbocycles. The topological polar surface area (TPSA) is 35.8 Å². The van der Waals surface area contributed by atoms with Crippen LogP contribution in [0.1, 0.15) is 31.2 Å². The van der Waals surface area contributed by atoms with Crippen LogP contribution in [0.2, 0.25) is 0 Å². The monoisotopic (exact) mass is 296 g/mol. The minimum absolute atomic E-state index is 0.244. The molecule has 0 radical (unpaired) electrons. The zero-order chi connectivity index (χ0) is 12.3. The van der Waals surface area contributed by atoms with E-state index in [0.717, 1.165) is 18.9 Å². The highest BCUT2D eigenvalue weighted by Gasteiger charge is 2.17. The first-order valence-electron chi connectivity index (χ1n) is 5.84. The second kappa shape index (κ2) is 5.50. The standard InChI is InChI=1S/C13H14BrFN2/c14-12-10(8-16)4-5-11(13(12)15)17-7-6-9-2-1-3-9/h4-5,9,17H,1-3,6-7H2. The van der Waals surface area contributed by atoms with Gasteiger partial charge < -0.3 is 5.32 Å². The fourth-order valence-electron chi connectivity index (χ4n) is 1.96. The van der Waals surface area contributed by atoms with Crippen molar-refractivity contribution in [3.8, 4) is 6.07 Å². The number of hydrogen-bond donors (Lipinski definition) is 1. The normalized spacial score (nSPS) is 15.1. The molecule has 0 aromatic heterocycles. The maximum absolute atomic E-state index is 13.8. The molecule has 0 spiro atoms. The van der Waals surface area contributed by atoms with Crippen molar-refractivity contribution in [3.63, 3.8) is 0 Å². The van der Waals surface area contributed by atoms with Gasteiger partial charge in [-0.15, -0.1) is 0 Å². The third kappa shape index (κ3) is 2.78. The molecule has 0 aliphatic heterocycles. The Morgan fingerprint density at radius 3 is 2.82 bits per heavy atom. The molecule has 4 heteroatoms. The zero-order valence-corrected chi connectivity index (χ0v) is 11.1. The van der Waals surface area contributed by atoms with Crippen molar-refractivity contribution in [2.24, 2.45) is 5.92 Å². The van der Waals surface area contributed by atoms with Gasteiger partial charge in [-0.05, 0) is 40.4 Å². The number of rotatable bonds is 4. The minimum atomic E-state index is -0.377. The van der Waals surface area contributed by atoms with Crippen molar-refractivity contribution < 1.29 is 4.39 Å². The predicted octanol–water partition coefficient (Wildman–Crippen LogP) is 4.06. The molecule has 0 atom stereocenters. The van der Waals surface area contributed by atoms with Crippen molar-refractivity contribution >= 4 is 21.6 Å². The van der Waals surface area contributed by atoms with Gasteiger partial charge in [-0.3, -0.25) is 0 Å². The molecule has 2 nitrogen and oxygen atoms in total. The van der Waals surface area contributed by atoms with Gasteiger partial charge in [-0.1, -0.05) is 19.3 Å². The summed E-state index contributed by atoms with van der Waals surface area (Å²) in [7, 11) is 0. The fourth-order valence-corrected chi connectivity index (χ4v) is 2.40. The summed E-state index contributed by atoms with van der Waals surface area (Å²) in [5, 5.41) is 11.8. The summed E-state index contributed by atoms with van der Waals surface area (Å²) in [6, 6.07) is 5.19. The van der Waals surface area contributed by atoms with Crippen LogP contribution in [-0.2, 0) is 0 Å². The fraction of sp³-hybridized carbons (Fsp3) is 0.462. The number of nitrogens with zero attached hydrogens (tertiary/aromatic N) is 1. The molecule has 1 aliphatic rings. The number of benzene rings is 1. The van der Waals surface area contributed by atoms with Gasteiger partial charge in [0.1, 0.15) is 6.07 Å². The lowest BCUT2D eigenvalue weighted by molar-refractivity contribution is 0.303. The van der Waals surface area contributed by atoms with Crippen molar-refractivity contribution in [2.45, 2.75) is 25.7 Å². The molecule has 90 valence electrons. The van der Waals surface area contributed by atoms with Crippen molar-refractivity contribution in [1.82, 2.24) is 0 Å². The Bertz CT molecular complexity index is 449. The van der Waals surface area contributed by atoms with E-state index in [4.69, 9.17) is 5.26 Å². The van der Waals surface area contributed by atoms with Crippen LogP contribution >= 0.6 is 15.9 Å². The molecule has 1 aromatic rings. The smallest absolute Gasteiger partial charge is 0.161 e. The van der Waals surface area contributed by atoms with Crippen LogP contribution in [-0.4, -0.2) is 6.54 Å². The highest BCUT2D eigenvalue weighted by molar-refractivity contribution is 9.10. The SMILES string of the molecule is N#Cc1ccc(NCCC2CCC2)c(F)c1Br. The van der Waals surface area contributed by atoms with Gasteiger partial charge in [0, 0.05) is 6.54 Å². The molecular formula is C13H14BrFN2. The van der Waals surface area contributed by atoms with Crippen molar-refractivity contribution in [1.29, 1.82) is 5.26 Å². The first kappa shape index (κ1) is 12.4. The average molecular weight is 297 g/mol. The summed E-state index contributed by atoms with van der Waals surface area (Å²) >= 11 is 3.10. The van der Waals surface area contributed by atoms with Crippen molar-refractivity contribution in [2.75, 3.05) is 11.9 Å². The maximum Gasteiger partial charge on any atom is 0.161 e. The predicted molar refractivity (Wildman–Crippen MR) is 69.3 cm³/mol. The molecule has 1 N–H and O–H groups in total. The van der Waals surface area contributed by atoms with E-state index < -0.39 is 0 Å². The lowest BCUT2D eigenvalue weighted by Crippen LogP contribution is -2.16. The first-order valence-corrected chi connectivity index (χ1v) is 6.63. The summed E-state index contributed by atoms with van der Waals surface area (Å²) in [6.07, 6.45) is 5.04. The third-order valence-corrected chi connectivity index (χ3v) is 4.07. The Hall–Kier alpha value is -1.08. The quantitative estimate of drug-likeness (QED) is 0.909. The van der Waals surface area contributed by atoms with Crippen molar-refractivity contribution in [3.05, 3.63) is 28.0 Å². The largest absolute Gasteiger partial charge is 0.383 e. The van der Waals surface area contributed by atoms with E-state index in [1.807, 2.05) is 6.07 Å². The second-order valence-electron chi connectivity index (χ2n) is 4.41. The average Bonchev–Trinajstić information content (AvgIpc) is 2.27. The maximum atomic E-state index is 13.8. The second-order valence-corrected chi connectivity index (χ2v) is 5.21. The van der Waals surface area contributed by atoms with Crippen LogP contribution in [0, 0.1) is 23.1 Å². The molecule has 0 saturated heterocycles. The van der Waals surface area contributed by atoms with Gasteiger partial charge in [0.15, 0.2) is 5.82 Å². The van der Waals surface area contributed by atoms with E-state index in [0.29, 0.717) is 11.3 Å². The van der Waals surface area contributed by atoms with Crippen LogP contribution in [0.4, 0.5) is 10.1 Å². The van der Waals surface area contributed by atoms with Gasteiger partial charge in [0.2, 0.25) is 0 Å². The summed E-state index contributed by atoms with van der Waals surface area (Å²) < 4.78 is 14.1. The number of anilines is 1. The summed E-state index contributed by atoms with van der Waals surface area (Å²) in [5.41, 5.74) is 0.794. The molecule has 2 rings (SSSR count). The number of hydrogen-bond acceptors (Lipinski definition) is 2. The van der Waals surface area contributed by atoms with Crippen LogP contribution in [0.3, 0.4) is 0 Å². The van der Waals surface area contributed by atoms with E-state index in [2.05, 4.69) is 21.2 Å². The molecule has 0 bridgehead atoms. The lowest BCUT2D eigenvalue weighted by atomic mass is 9.83. The van der Waals surface area contributed by atoms with E-state index >= 15 is 0 Å². The Balaban J connectivity index is 1.96. The lowest BCUT2D eigenvalue weighted by Gasteiger charge is -2.25. The highest BCUT2D eigenvalue weighted by atomic mass is 79.9. The van der Waals surface area contributed by atoms with Crippen LogP contribution in [0.5, 0.6) is 0 Å². The molecule has 17 heavy (non-hydrogen) atoms. The number of halogens is 2. The molecule has 0 heterocycles. The van der Waals surface area contributed by atoms with Crippen LogP contribution in [0.25, 0.3) is 0 Å². The molecule has 1 fully saturated rings. The Morgan fingerprint density at radius 2 is 2.24 bits per heavy atom. The Kier molecular flexibility index (Phi) is 4.01. The van der Waals surface area contributed by atoms with E-state index in [-0.39, 0.29) is 10.3 Å². The molecule has 0 unspecified atom stereocenters. The van der Waals surface area contributed by atoms with Crippen LogP contribution in [0.15, 0.2) is 16.6 Å². The van der Waals surface area contributed by atoms with Gasteiger partial charge in [0.25, 0.3) is 0 Å². The molecular weight excluding hydrogens is 283 g/mol. The molecule has 1 aromatic carbocycles. The zero-order valence-electron chi connectivity index (χ0n) is 9.47. The molecule has 0 amide bonds. The Labute approximate surface area is 109 Å². The summed E-state index contributed by atoms with van der Waals surface area (Å²) in [5.74, 6) is 0.435. The van der Waals surface area contributed by atoms with Gasteiger partial charge >= 0.3 is 0 Å². The van der Waals surface area contributed by atoms with E-state index in [1.54, 1.807) is 12.1 Å². The third-order valence-electron chi connectivity index (χ3n) is 3.30. The van der Waals surface area contributed by atoms with E-state index in [1.165, 1.54) is 19.3 Å². The van der Waals surface area contributed by atoms with Gasteiger partial charge in [-0.2, -0.15) is 5.26 Å². The van der Waals surface area contributed by atoms with Gasteiger partial charge in [0.05, 0.1) is 15.7 Å². The van der Waals surface area contributed by atoms with Crippen LogP contribution < -0.4 is 5.32 Å². The van der Waals surface area contributed by atoms with Gasteiger partial charge in [-0.25, -0.2) is 4.39 Å². The number of nitriles is 1. The first-order chi connectivity index (χ1) is 8.22. The highest BCUT2D eigenvalue weighted by Crippen LogP contribution is 2.30. The minimum Gasteiger partial charge on any atom is -0.383 e. The summed E-state index contributed by atoms with van der Waals surface area (Å²) in [4.78, 5) is 0.